The van der Waals surface area contributed by atoms with Crippen LogP contribution in [0, 0.1) is 0 Å². The minimum absolute atomic E-state index is 0.00319. The van der Waals surface area contributed by atoms with Crippen LogP contribution in [0.25, 0.3) is 17.1 Å². The molecule has 2 fully saturated rings. The van der Waals surface area contributed by atoms with Gasteiger partial charge in [-0.25, -0.2) is 4.68 Å². The summed E-state index contributed by atoms with van der Waals surface area (Å²) in [7, 11) is 0. The summed E-state index contributed by atoms with van der Waals surface area (Å²) in [5.41, 5.74) is 0.648. The molecule has 0 radical (unpaired) electrons. The average molecular weight is 538 g/mol. The van der Waals surface area contributed by atoms with E-state index < -0.39 is 35.0 Å². The number of nitrogens with zero attached hydrogens (tertiary/aromatic N) is 4. The van der Waals surface area contributed by atoms with Crippen molar-refractivity contribution in [2.75, 3.05) is 13.1 Å². The number of alkyl halides is 3. The first-order valence-corrected chi connectivity index (χ1v) is 12.2. The van der Waals surface area contributed by atoms with Crippen molar-refractivity contribution in [1.29, 1.82) is 0 Å². The Hall–Kier alpha value is -2.93. The van der Waals surface area contributed by atoms with E-state index in [1.165, 1.54) is 16.8 Å². The number of halogens is 4. The van der Waals surface area contributed by atoms with E-state index >= 15 is 0 Å². The second-order valence-corrected chi connectivity index (χ2v) is 9.90. The molecule has 3 heterocycles. The van der Waals surface area contributed by atoms with Gasteiger partial charge in [0, 0.05) is 11.6 Å². The number of β-amino-alcohol motifs (C(OH)–C–C–N with tert-alkyl or cyclic N) is 1. The van der Waals surface area contributed by atoms with Crippen LogP contribution in [-0.2, 0) is 17.5 Å². The lowest BCUT2D eigenvalue weighted by atomic mass is 10.0. The smallest absolute Gasteiger partial charge is 0.390 e. The minimum Gasteiger partial charge on any atom is -0.390 e. The molecule has 13 heteroatoms. The van der Waals surface area contributed by atoms with Gasteiger partial charge in [-0.1, -0.05) is 28.9 Å². The number of fused-ring (bicyclic) bond motifs is 1. The number of rotatable bonds is 4. The van der Waals surface area contributed by atoms with Crippen LogP contribution in [0.5, 0.6) is 0 Å². The molecule has 0 unspecified atom stereocenters. The monoisotopic (exact) mass is 537 g/mol. The first kappa shape index (κ1) is 24.8. The Kier molecular flexibility index (Phi) is 6.54. The number of aliphatic hydroxyl groups excluding tert-OH is 1. The van der Waals surface area contributed by atoms with E-state index in [1.54, 1.807) is 24.3 Å². The van der Waals surface area contributed by atoms with Crippen LogP contribution in [0.1, 0.15) is 23.1 Å². The lowest BCUT2D eigenvalue weighted by Gasteiger charge is -2.33. The quantitative estimate of drug-likeness (QED) is 0.487. The molecule has 2 saturated heterocycles. The van der Waals surface area contributed by atoms with Crippen molar-refractivity contribution in [1.82, 2.24) is 25.2 Å². The van der Waals surface area contributed by atoms with Gasteiger partial charge >= 0.3 is 6.18 Å². The van der Waals surface area contributed by atoms with Gasteiger partial charge in [0.05, 0.1) is 34.7 Å². The zero-order chi connectivity index (χ0) is 25.6. The molecule has 2 N–H and O–H groups in total. The predicted molar refractivity (Wildman–Crippen MR) is 128 cm³/mol. The van der Waals surface area contributed by atoms with Crippen LogP contribution in [0.4, 0.5) is 18.0 Å². The summed E-state index contributed by atoms with van der Waals surface area (Å²) >= 11 is 6.56. The molecule has 3 aromatic rings. The first-order valence-electron chi connectivity index (χ1n) is 11.0. The van der Waals surface area contributed by atoms with Crippen molar-refractivity contribution >= 4 is 51.6 Å². The van der Waals surface area contributed by atoms with Gasteiger partial charge in [0.15, 0.2) is 0 Å². The summed E-state index contributed by atoms with van der Waals surface area (Å²) in [4.78, 5) is 26.8. The molecule has 5 rings (SSSR count). The van der Waals surface area contributed by atoms with Gasteiger partial charge in [-0.2, -0.15) is 13.2 Å². The van der Waals surface area contributed by atoms with Crippen molar-refractivity contribution in [3.63, 3.8) is 0 Å². The number of imide groups is 1. The fraction of sp³-hybridized carbons (Fsp3) is 0.304. The normalized spacial score (nSPS) is 22.2. The average Bonchev–Trinajstić information content (AvgIpc) is 3.34. The van der Waals surface area contributed by atoms with Gasteiger partial charge in [-0.05, 0) is 66.2 Å². The van der Waals surface area contributed by atoms with Gasteiger partial charge in [-0.15, -0.1) is 5.10 Å². The fourth-order valence-electron chi connectivity index (χ4n) is 4.35. The van der Waals surface area contributed by atoms with E-state index in [0.717, 1.165) is 22.7 Å². The van der Waals surface area contributed by atoms with E-state index in [9.17, 15) is 27.9 Å². The number of amides is 2. The third-order valence-corrected chi connectivity index (χ3v) is 7.22. The highest BCUT2D eigenvalue weighted by atomic mass is 35.5. The van der Waals surface area contributed by atoms with E-state index in [4.69, 9.17) is 11.6 Å². The SMILES string of the molecule is O=C1S/C(=C\c2ccc3c(c2)nnn3Cc2ccc(Cl)cc2C(F)(F)F)C(=O)N1[C@H]1CCNC[C@@H]1O. The van der Waals surface area contributed by atoms with Crippen LogP contribution in [-0.4, -0.2) is 61.4 Å². The van der Waals surface area contributed by atoms with Crippen LogP contribution >= 0.6 is 23.4 Å². The van der Waals surface area contributed by atoms with Crippen LogP contribution < -0.4 is 5.32 Å². The van der Waals surface area contributed by atoms with E-state index in [-0.39, 0.29) is 22.0 Å². The minimum atomic E-state index is -4.57. The molecule has 2 aliphatic heterocycles. The Morgan fingerprint density at radius 2 is 2.03 bits per heavy atom. The van der Waals surface area contributed by atoms with Crippen molar-refractivity contribution in [2.45, 2.75) is 31.3 Å². The number of piperidine rings is 1. The van der Waals surface area contributed by atoms with Crippen molar-refractivity contribution in [2.24, 2.45) is 0 Å². The molecule has 188 valence electrons. The van der Waals surface area contributed by atoms with Crippen LogP contribution in [0.3, 0.4) is 0 Å². The van der Waals surface area contributed by atoms with Crippen molar-refractivity contribution < 1.29 is 27.9 Å². The summed E-state index contributed by atoms with van der Waals surface area (Å²) < 4.78 is 41.7. The standard InChI is InChI=1S/C23H19ClF3N5O3S/c24-14-3-2-13(15(9-14)23(25,26)27)11-31-17-4-1-12(7-16(17)29-30-31)8-20-21(34)32(22(35)36-20)18-5-6-28-10-19(18)33/h1-4,7-9,18-19,28,33H,5-6,10-11H2/b20-8-/t18-,19-/m0/s1. The number of nitrogens with one attached hydrogen (secondary N) is 1. The molecule has 2 amide bonds. The van der Waals surface area contributed by atoms with Gasteiger partial charge in [0.25, 0.3) is 11.1 Å². The molecule has 0 aliphatic carbocycles. The molecular weight excluding hydrogens is 519 g/mol. The van der Waals surface area contributed by atoms with Gasteiger partial charge in [0.2, 0.25) is 0 Å². The molecule has 8 nitrogen and oxygen atoms in total. The zero-order valence-corrected chi connectivity index (χ0v) is 20.1. The molecule has 2 atom stereocenters. The Labute approximate surface area is 212 Å². The lowest BCUT2D eigenvalue weighted by Crippen LogP contribution is -2.54. The maximum atomic E-state index is 13.5. The van der Waals surface area contributed by atoms with E-state index in [0.29, 0.717) is 36.1 Å². The number of benzene rings is 2. The second kappa shape index (κ2) is 9.51. The number of carbonyl (C=O) groups is 2. The number of aromatic nitrogens is 3. The summed E-state index contributed by atoms with van der Waals surface area (Å²) in [6.45, 7) is 0.729. The Morgan fingerprint density at radius 1 is 1.22 bits per heavy atom. The van der Waals surface area contributed by atoms with E-state index in [2.05, 4.69) is 15.6 Å². The summed E-state index contributed by atoms with van der Waals surface area (Å²) in [5, 5.41) is 20.8. The first-order chi connectivity index (χ1) is 17.1. The van der Waals surface area contributed by atoms with Gasteiger partial charge in [-0.3, -0.25) is 14.5 Å². The number of hydrogen-bond acceptors (Lipinski definition) is 7. The summed E-state index contributed by atoms with van der Waals surface area (Å²) in [5.74, 6) is -0.470. The third-order valence-electron chi connectivity index (χ3n) is 6.10. The lowest BCUT2D eigenvalue weighted by molar-refractivity contribution is -0.138. The molecular formula is C23H19ClF3N5O3S. The number of thioether (sulfide) groups is 1. The van der Waals surface area contributed by atoms with Crippen LogP contribution in [0.15, 0.2) is 41.3 Å². The highest BCUT2D eigenvalue weighted by Gasteiger charge is 2.43. The number of hydrogen-bond donors (Lipinski definition) is 2. The Bertz CT molecular complexity index is 1390. The summed E-state index contributed by atoms with van der Waals surface area (Å²) in [6, 6.07) is 7.94. The Balaban J connectivity index is 1.40. The van der Waals surface area contributed by atoms with Gasteiger partial charge in [0.1, 0.15) is 5.52 Å². The topological polar surface area (TPSA) is 100 Å². The maximum absolute atomic E-state index is 13.5. The second-order valence-electron chi connectivity index (χ2n) is 8.47. The zero-order valence-electron chi connectivity index (χ0n) is 18.5. The van der Waals surface area contributed by atoms with Crippen molar-refractivity contribution in [3.05, 3.63) is 63.0 Å². The van der Waals surface area contributed by atoms with E-state index in [1.807, 2.05) is 0 Å². The third kappa shape index (κ3) is 4.73. The predicted octanol–water partition coefficient (Wildman–Crippen LogP) is 3.91. The Morgan fingerprint density at radius 3 is 2.78 bits per heavy atom. The number of carbonyl (C=O) groups excluding carboxylic acids is 2. The molecule has 2 aliphatic rings. The largest absolute Gasteiger partial charge is 0.416 e. The van der Waals surface area contributed by atoms with Crippen molar-refractivity contribution in [3.8, 4) is 0 Å². The highest BCUT2D eigenvalue weighted by molar-refractivity contribution is 8.18. The highest BCUT2D eigenvalue weighted by Crippen LogP contribution is 2.36. The molecule has 0 saturated carbocycles. The summed E-state index contributed by atoms with van der Waals surface area (Å²) in [6.07, 6.45) is -3.39. The fourth-order valence-corrected chi connectivity index (χ4v) is 5.41. The maximum Gasteiger partial charge on any atom is 0.416 e. The molecule has 0 bridgehead atoms. The molecule has 2 aromatic carbocycles. The number of aliphatic hydroxyl groups is 1. The van der Waals surface area contributed by atoms with Crippen LogP contribution in [0.2, 0.25) is 5.02 Å². The van der Waals surface area contributed by atoms with Gasteiger partial charge < -0.3 is 10.4 Å². The molecule has 0 spiro atoms. The molecule has 36 heavy (non-hydrogen) atoms. The molecule has 1 aromatic heterocycles.